The molecule has 9 heavy (non-hydrogen) atoms. The van der Waals surface area contributed by atoms with Crippen molar-refractivity contribution in [1.29, 1.82) is 0 Å². The SMILES string of the molecule is CC(C)C1CN1C1CC1. The van der Waals surface area contributed by atoms with Crippen LogP contribution in [-0.4, -0.2) is 23.5 Å². The lowest BCUT2D eigenvalue weighted by Gasteiger charge is -2.02. The van der Waals surface area contributed by atoms with Crippen molar-refractivity contribution in [3.8, 4) is 0 Å². The van der Waals surface area contributed by atoms with Crippen LogP contribution < -0.4 is 0 Å². The molecule has 0 aromatic rings. The quantitative estimate of drug-likeness (QED) is 0.505. The first kappa shape index (κ1) is 5.72. The zero-order valence-electron chi connectivity index (χ0n) is 6.30. The fourth-order valence-corrected chi connectivity index (χ4v) is 1.59. The van der Waals surface area contributed by atoms with Gasteiger partial charge in [0.1, 0.15) is 0 Å². The monoisotopic (exact) mass is 125 g/mol. The van der Waals surface area contributed by atoms with Crippen LogP contribution in [0.4, 0.5) is 0 Å². The second-order valence-electron chi connectivity index (χ2n) is 3.74. The Balaban J connectivity index is 1.81. The van der Waals surface area contributed by atoms with E-state index in [-0.39, 0.29) is 0 Å². The van der Waals surface area contributed by atoms with Crippen molar-refractivity contribution >= 4 is 0 Å². The maximum absolute atomic E-state index is 2.64. The minimum Gasteiger partial charge on any atom is -0.294 e. The van der Waals surface area contributed by atoms with Crippen LogP contribution in [0.3, 0.4) is 0 Å². The van der Waals surface area contributed by atoms with Gasteiger partial charge >= 0.3 is 0 Å². The molecule has 1 heteroatoms. The second-order valence-corrected chi connectivity index (χ2v) is 3.74. The maximum Gasteiger partial charge on any atom is 0.0249 e. The van der Waals surface area contributed by atoms with Crippen LogP contribution in [0.2, 0.25) is 0 Å². The van der Waals surface area contributed by atoms with Crippen molar-refractivity contribution in [2.24, 2.45) is 5.92 Å². The standard InChI is InChI=1S/C8H15N/c1-6(2)8-5-9(8)7-3-4-7/h6-8H,3-5H2,1-2H3. The summed E-state index contributed by atoms with van der Waals surface area (Å²) in [6, 6.07) is 1.97. The van der Waals surface area contributed by atoms with Crippen LogP contribution in [-0.2, 0) is 0 Å². The van der Waals surface area contributed by atoms with E-state index in [9.17, 15) is 0 Å². The van der Waals surface area contributed by atoms with E-state index in [1.54, 1.807) is 0 Å². The Morgan fingerprint density at radius 3 is 2.33 bits per heavy atom. The second kappa shape index (κ2) is 1.72. The van der Waals surface area contributed by atoms with Crippen LogP contribution in [0.1, 0.15) is 26.7 Å². The smallest absolute Gasteiger partial charge is 0.0249 e. The Labute approximate surface area is 57.0 Å². The molecule has 0 amide bonds. The van der Waals surface area contributed by atoms with Crippen molar-refractivity contribution in [1.82, 2.24) is 4.90 Å². The minimum atomic E-state index is 0.894. The lowest BCUT2D eigenvalue weighted by molar-refractivity contribution is 0.437. The molecule has 2 atom stereocenters. The van der Waals surface area contributed by atoms with Crippen LogP contribution in [0.5, 0.6) is 0 Å². The van der Waals surface area contributed by atoms with Crippen LogP contribution in [0, 0.1) is 5.92 Å². The van der Waals surface area contributed by atoms with E-state index in [1.807, 2.05) is 0 Å². The average molecular weight is 125 g/mol. The van der Waals surface area contributed by atoms with Crippen molar-refractivity contribution in [3.05, 3.63) is 0 Å². The topological polar surface area (TPSA) is 3.01 Å². The Bertz CT molecular complexity index is 110. The van der Waals surface area contributed by atoms with Gasteiger partial charge in [-0.15, -0.1) is 0 Å². The third-order valence-electron chi connectivity index (χ3n) is 2.48. The molecule has 1 saturated heterocycles. The van der Waals surface area contributed by atoms with Crippen LogP contribution >= 0.6 is 0 Å². The molecule has 0 spiro atoms. The van der Waals surface area contributed by atoms with Crippen molar-refractivity contribution in [2.45, 2.75) is 38.8 Å². The van der Waals surface area contributed by atoms with Gasteiger partial charge in [-0.3, -0.25) is 4.90 Å². The van der Waals surface area contributed by atoms with E-state index in [1.165, 1.54) is 19.4 Å². The van der Waals surface area contributed by atoms with Crippen LogP contribution in [0.25, 0.3) is 0 Å². The van der Waals surface area contributed by atoms with Gasteiger partial charge in [-0.2, -0.15) is 0 Å². The number of nitrogens with zero attached hydrogens (tertiary/aromatic N) is 1. The lowest BCUT2D eigenvalue weighted by Crippen LogP contribution is -2.08. The van der Waals surface area contributed by atoms with Gasteiger partial charge in [-0.25, -0.2) is 0 Å². The van der Waals surface area contributed by atoms with Gasteiger partial charge < -0.3 is 0 Å². The molecule has 2 unspecified atom stereocenters. The molecule has 0 N–H and O–H groups in total. The number of rotatable bonds is 2. The molecule has 0 radical (unpaired) electrons. The summed E-state index contributed by atoms with van der Waals surface area (Å²) < 4.78 is 0. The molecule has 1 aliphatic heterocycles. The van der Waals surface area contributed by atoms with Crippen molar-refractivity contribution < 1.29 is 0 Å². The Hall–Kier alpha value is -0.0400. The van der Waals surface area contributed by atoms with Gasteiger partial charge in [0.15, 0.2) is 0 Å². The van der Waals surface area contributed by atoms with E-state index in [4.69, 9.17) is 0 Å². The van der Waals surface area contributed by atoms with E-state index >= 15 is 0 Å². The van der Waals surface area contributed by atoms with Gasteiger partial charge in [0.2, 0.25) is 0 Å². The molecule has 0 bridgehead atoms. The van der Waals surface area contributed by atoms with Gasteiger partial charge in [0.25, 0.3) is 0 Å². The first-order valence-electron chi connectivity index (χ1n) is 4.05. The van der Waals surface area contributed by atoms with Crippen molar-refractivity contribution in [3.63, 3.8) is 0 Å². The third-order valence-corrected chi connectivity index (χ3v) is 2.48. The third kappa shape index (κ3) is 0.983. The average Bonchev–Trinajstić information content (AvgIpc) is 2.60. The molecule has 1 heterocycles. The molecular weight excluding hydrogens is 110 g/mol. The highest BCUT2D eigenvalue weighted by Gasteiger charge is 2.45. The summed E-state index contributed by atoms with van der Waals surface area (Å²) in [6.45, 7) is 6.04. The Morgan fingerprint density at radius 1 is 1.33 bits per heavy atom. The molecule has 1 aliphatic carbocycles. The lowest BCUT2D eigenvalue weighted by atomic mass is 10.1. The zero-order chi connectivity index (χ0) is 6.43. The molecule has 2 fully saturated rings. The molecule has 2 rings (SSSR count). The fourth-order valence-electron chi connectivity index (χ4n) is 1.59. The minimum absolute atomic E-state index is 0.894. The van der Waals surface area contributed by atoms with Crippen molar-refractivity contribution in [2.75, 3.05) is 6.54 Å². The molecule has 2 aliphatic rings. The van der Waals surface area contributed by atoms with Gasteiger partial charge in [-0.1, -0.05) is 13.8 Å². The molecule has 0 aromatic carbocycles. The van der Waals surface area contributed by atoms with Crippen LogP contribution in [0.15, 0.2) is 0 Å². The molecule has 1 nitrogen and oxygen atoms in total. The summed E-state index contributed by atoms with van der Waals surface area (Å²) in [5.41, 5.74) is 0. The summed E-state index contributed by atoms with van der Waals surface area (Å²) in [6.07, 6.45) is 2.95. The summed E-state index contributed by atoms with van der Waals surface area (Å²) >= 11 is 0. The van der Waals surface area contributed by atoms with Gasteiger partial charge in [-0.05, 0) is 18.8 Å². The summed E-state index contributed by atoms with van der Waals surface area (Å²) in [4.78, 5) is 2.64. The summed E-state index contributed by atoms with van der Waals surface area (Å²) in [7, 11) is 0. The fraction of sp³-hybridized carbons (Fsp3) is 1.00. The van der Waals surface area contributed by atoms with E-state index < -0.39 is 0 Å². The highest BCUT2D eigenvalue weighted by molar-refractivity contribution is 5.01. The molecule has 1 saturated carbocycles. The largest absolute Gasteiger partial charge is 0.294 e. The maximum atomic E-state index is 2.64. The van der Waals surface area contributed by atoms with E-state index in [0.717, 1.165) is 18.0 Å². The predicted octanol–water partition coefficient (Wildman–Crippen LogP) is 1.49. The Morgan fingerprint density at radius 2 is 2.00 bits per heavy atom. The molecular formula is C8H15N. The predicted molar refractivity (Wildman–Crippen MR) is 38.4 cm³/mol. The van der Waals surface area contributed by atoms with Gasteiger partial charge in [0, 0.05) is 18.6 Å². The highest BCUT2D eigenvalue weighted by atomic mass is 15.3. The first-order valence-corrected chi connectivity index (χ1v) is 4.05. The molecule has 52 valence electrons. The summed E-state index contributed by atoms with van der Waals surface area (Å²) in [5, 5.41) is 0. The number of hydrogen-bond donors (Lipinski definition) is 0. The zero-order valence-corrected chi connectivity index (χ0v) is 6.30. The number of hydrogen-bond acceptors (Lipinski definition) is 1. The van der Waals surface area contributed by atoms with E-state index in [2.05, 4.69) is 18.7 Å². The highest BCUT2D eigenvalue weighted by Crippen LogP contribution is 2.38. The Kier molecular flexibility index (Phi) is 1.10. The van der Waals surface area contributed by atoms with Gasteiger partial charge in [0.05, 0.1) is 0 Å². The van der Waals surface area contributed by atoms with E-state index in [0.29, 0.717) is 0 Å². The normalized spacial score (nSPS) is 41.7. The molecule has 0 aromatic heterocycles. The summed E-state index contributed by atoms with van der Waals surface area (Å²) in [5.74, 6) is 0.894. The first-order chi connectivity index (χ1) is 4.29.